The lowest BCUT2D eigenvalue weighted by molar-refractivity contribution is -0.125. The Hall–Kier alpha value is -2.08. The van der Waals surface area contributed by atoms with Crippen LogP contribution in [0.1, 0.15) is 25.1 Å². The molecule has 116 valence electrons. The van der Waals surface area contributed by atoms with Gasteiger partial charge in [0.25, 0.3) is 0 Å². The molecule has 6 nitrogen and oxygen atoms in total. The average Bonchev–Trinajstić information content (AvgIpc) is 3.08. The van der Waals surface area contributed by atoms with Gasteiger partial charge in [0.2, 0.25) is 11.8 Å². The molecule has 0 aliphatic carbocycles. The number of nitrogens with zero attached hydrogens (tertiary/aromatic N) is 1. The highest BCUT2D eigenvalue weighted by Gasteiger charge is 2.26. The fourth-order valence-electron chi connectivity index (χ4n) is 2.55. The smallest absolute Gasteiger partial charge is 0.242 e. The standard InChI is InChI=1S/C15H17ClN4O2/c16-9-3-4-10-12(8-9)19-13(18-10)2-1-7-17-15(22)11-5-6-14(21)20-11/h3-4,8,11H,1-2,5-7H2,(H,17,22)(H,18,19)(H,20,21)/t11-/m1/s1. The predicted molar refractivity (Wildman–Crippen MR) is 83.6 cm³/mol. The molecule has 1 atom stereocenters. The van der Waals surface area contributed by atoms with Crippen LogP contribution in [0.3, 0.4) is 0 Å². The average molecular weight is 321 g/mol. The number of benzene rings is 1. The van der Waals surface area contributed by atoms with E-state index in [1.807, 2.05) is 18.2 Å². The molecule has 2 amide bonds. The summed E-state index contributed by atoms with van der Waals surface area (Å²) in [6.07, 6.45) is 2.53. The highest BCUT2D eigenvalue weighted by atomic mass is 35.5. The van der Waals surface area contributed by atoms with E-state index in [4.69, 9.17) is 11.6 Å². The molecule has 2 heterocycles. The Balaban J connectivity index is 1.46. The summed E-state index contributed by atoms with van der Waals surface area (Å²) in [6, 6.07) is 5.16. The summed E-state index contributed by atoms with van der Waals surface area (Å²) < 4.78 is 0. The van der Waals surface area contributed by atoms with Gasteiger partial charge in [0.1, 0.15) is 11.9 Å². The van der Waals surface area contributed by atoms with E-state index in [1.54, 1.807) is 0 Å². The third-order valence-corrected chi connectivity index (χ3v) is 3.93. The zero-order chi connectivity index (χ0) is 15.5. The fraction of sp³-hybridized carbons (Fsp3) is 0.400. The van der Waals surface area contributed by atoms with Crippen molar-refractivity contribution in [2.24, 2.45) is 0 Å². The van der Waals surface area contributed by atoms with E-state index in [0.29, 0.717) is 24.4 Å². The van der Waals surface area contributed by atoms with Crippen LogP contribution in [0.15, 0.2) is 18.2 Å². The van der Waals surface area contributed by atoms with Gasteiger partial charge in [-0.2, -0.15) is 0 Å². The van der Waals surface area contributed by atoms with Crippen LogP contribution in [0, 0.1) is 0 Å². The highest BCUT2D eigenvalue weighted by molar-refractivity contribution is 6.31. The Morgan fingerprint density at radius 2 is 2.32 bits per heavy atom. The van der Waals surface area contributed by atoms with Crippen molar-refractivity contribution in [3.63, 3.8) is 0 Å². The lowest BCUT2D eigenvalue weighted by Gasteiger charge is -2.10. The SMILES string of the molecule is O=C1CC[C@H](C(=O)NCCCc2nc3ccc(Cl)cc3[nH]2)N1. The zero-order valence-electron chi connectivity index (χ0n) is 12.0. The van der Waals surface area contributed by atoms with Crippen molar-refractivity contribution in [2.45, 2.75) is 31.7 Å². The second kappa shape index (κ2) is 6.36. The van der Waals surface area contributed by atoms with Gasteiger partial charge in [-0.15, -0.1) is 0 Å². The van der Waals surface area contributed by atoms with E-state index in [1.165, 1.54) is 0 Å². The minimum atomic E-state index is -0.374. The van der Waals surface area contributed by atoms with Crippen LogP contribution in [-0.4, -0.2) is 34.4 Å². The number of nitrogens with one attached hydrogen (secondary N) is 3. The van der Waals surface area contributed by atoms with E-state index in [9.17, 15) is 9.59 Å². The van der Waals surface area contributed by atoms with E-state index in [0.717, 1.165) is 29.7 Å². The first kappa shape index (κ1) is 14.8. The van der Waals surface area contributed by atoms with E-state index < -0.39 is 0 Å². The molecule has 2 aromatic rings. The maximum Gasteiger partial charge on any atom is 0.242 e. The predicted octanol–water partition coefficient (Wildman–Crippen LogP) is 1.54. The Morgan fingerprint density at radius 3 is 3.09 bits per heavy atom. The number of aryl methyl sites for hydroxylation is 1. The summed E-state index contributed by atoms with van der Waals surface area (Å²) in [6.45, 7) is 0.559. The number of carbonyl (C=O) groups is 2. The van der Waals surface area contributed by atoms with Gasteiger partial charge in [0, 0.05) is 24.4 Å². The number of H-pyrrole nitrogens is 1. The Morgan fingerprint density at radius 1 is 1.45 bits per heavy atom. The van der Waals surface area contributed by atoms with Crippen molar-refractivity contribution in [1.29, 1.82) is 0 Å². The highest BCUT2D eigenvalue weighted by Crippen LogP contribution is 2.17. The monoisotopic (exact) mass is 320 g/mol. The van der Waals surface area contributed by atoms with Gasteiger partial charge >= 0.3 is 0 Å². The van der Waals surface area contributed by atoms with Crippen LogP contribution in [0.5, 0.6) is 0 Å². The van der Waals surface area contributed by atoms with Crippen LogP contribution in [0.4, 0.5) is 0 Å². The molecular formula is C15H17ClN4O2. The van der Waals surface area contributed by atoms with E-state index >= 15 is 0 Å². The van der Waals surface area contributed by atoms with E-state index in [-0.39, 0.29) is 17.9 Å². The lowest BCUT2D eigenvalue weighted by atomic mass is 10.2. The van der Waals surface area contributed by atoms with Crippen molar-refractivity contribution in [1.82, 2.24) is 20.6 Å². The summed E-state index contributed by atoms with van der Waals surface area (Å²) in [5.74, 6) is 0.712. The second-order valence-corrected chi connectivity index (χ2v) is 5.83. The quantitative estimate of drug-likeness (QED) is 0.730. The number of hydrogen-bond donors (Lipinski definition) is 3. The number of hydrogen-bond acceptors (Lipinski definition) is 3. The van der Waals surface area contributed by atoms with Gasteiger partial charge < -0.3 is 15.6 Å². The maximum absolute atomic E-state index is 11.8. The number of imidazole rings is 1. The van der Waals surface area contributed by atoms with Gasteiger partial charge in [0.15, 0.2) is 0 Å². The molecule has 22 heavy (non-hydrogen) atoms. The van der Waals surface area contributed by atoms with Gasteiger partial charge in [0.05, 0.1) is 11.0 Å². The van der Waals surface area contributed by atoms with Crippen LogP contribution in [-0.2, 0) is 16.0 Å². The number of carbonyl (C=O) groups excluding carboxylic acids is 2. The van der Waals surface area contributed by atoms with Crippen molar-refractivity contribution in [2.75, 3.05) is 6.54 Å². The first-order valence-electron chi connectivity index (χ1n) is 7.33. The summed E-state index contributed by atoms with van der Waals surface area (Å²) in [4.78, 5) is 30.6. The lowest BCUT2D eigenvalue weighted by Crippen LogP contribution is -2.41. The Kier molecular flexibility index (Phi) is 4.29. The maximum atomic E-state index is 11.8. The molecule has 0 bridgehead atoms. The molecule has 0 radical (unpaired) electrons. The molecule has 1 saturated heterocycles. The molecule has 1 aromatic heterocycles. The van der Waals surface area contributed by atoms with Crippen LogP contribution in [0.2, 0.25) is 5.02 Å². The summed E-state index contributed by atoms with van der Waals surface area (Å²) in [5.41, 5.74) is 1.80. The minimum Gasteiger partial charge on any atom is -0.354 e. The molecule has 3 rings (SSSR count). The third-order valence-electron chi connectivity index (χ3n) is 3.69. The number of amides is 2. The summed E-state index contributed by atoms with van der Waals surface area (Å²) >= 11 is 5.94. The molecule has 1 fully saturated rings. The molecule has 7 heteroatoms. The van der Waals surface area contributed by atoms with Crippen LogP contribution in [0.25, 0.3) is 11.0 Å². The normalized spacial score (nSPS) is 17.7. The Labute approximate surface area is 132 Å². The van der Waals surface area contributed by atoms with Crippen LogP contribution < -0.4 is 10.6 Å². The summed E-state index contributed by atoms with van der Waals surface area (Å²) in [5, 5.41) is 6.17. The molecule has 0 saturated carbocycles. The molecule has 1 aliphatic rings. The zero-order valence-corrected chi connectivity index (χ0v) is 12.7. The fourth-order valence-corrected chi connectivity index (χ4v) is 2.73. The van der Waals surface area contributed by atoms with Gasteiger partial charge in [-0.25, -0.2) is 4.98 Å². The molecular weight excluding hydrogens is 304 g/mol. The topological polar surface area (TPSA) is 86.9 Å². The largest absolute Gasteiger partial charge is 0.354 e. The van der Waals surface area contributed by atoms with Gasteiger partial charge in [-0.05, 0) is 31.0 Å². The van der Waals surface area contributed by atoms with Crippen molar-refractivity contribution < 1.29 is 9.59 Å². The minimum absolute atomic E-state index is 0.0545. The molecule has 0 unspecified atom stereocenters. The van der Waals surface area contributed by atoms with Crippen molar-refractivity contribution >= 4 is 34.4 Å². The first-order chi connectivity index (χ1) is 10.6. The number of rotatable bonds is 5. The number of fused-ring (bicyclic) bond motifs is 1. The number of aromatic nitrogens is 2. The van der Waals surface area contributed by atoms with Gasteiger partial charge in [-0.3, -0.25) is 9.59 Å². The third kappa shape index (κ3) is 3.39. The summed E-state index contributed by atoms with van der Waals surface area (Å²) in [7, 11) is 0. The second-order valence-electron chi connectivity index (χ2n) is 5.40. The molecule has 0 spiro atoms. The van der Waals surface area contributed by atoms with Crippen LogP contribution >= 0.6 is 11.6 Å². The van der Waals surface area contributed by atoms with Gasteiger partial charge in [-0.1, -0.05) is 11.6 Å². The first-order valence-corrected chi connectivity index (χ1v) is 7.71. The van der Waals surface area contributed by atoms with Crippen molar-refractivity contribution in [3.8, 4) is 0 Å². The molecule has 1 aliphatic heterocycles. The number of halogens is 1. The number of aromatic amines is 1. The molecule has 3 N–H and O–H groups in total. The Bertz CT molecular complexity index is 713. The van der Waals surface area contributed by atoms with Crippen molar-refractivity contribution in [3.05, 3.63) is 29.0 Å². The van der Waals surface area contributed by atoms with E-state index in [2.05, 4.69) is 20.6 Å². The molecule has 1 aromatic carbocycles.